The predicted molar refractivity (Wildman–Crippen MR) is 131 cm³/mol. The summed E-state index contributed by atoms with van der Waals surface area (Å²) >= 11 is 1.68. The number of nitrogens with zero attached hydrogens (tertiary/aromatic N) is 2. The Morgan fingerprint density at radius 1 is 1.06 bits per heavy atom. The van der Waals surface area contributed by atoms with E-state index in [4.69, 9.17) is 9.47 Å². The molecule has 0 unspecified atom stereocenters. The second-order valence-corrected chi connectivity index (χ2v) is 9.10. The minimum Gasteiger partial charge on any atom is -0.491 e. The van der Waals surface area contributed by atoms with Crippen LogP contribution in [0.5, 0.6) is 5.75 Å². The fraction of sp³-hybridized carbons (Fsp3) is 0.385. The van der Waals surface area contributed by atoms with Crippen LogP contribution in [-0.4, -0.2) is 54.7 Å². The highest BCUT2D eigenvalue weighted by molar-refractivity contribution is 7.09. The lowest BCUT2D eigenvalue weighted by Crippen LogP contribution is -2.41. The van der Waals surface area contributed by atoms with Gasteiger partial charge in [-0.15, -0.1) is 11.3 Å². The number of carbonyl (C=O) groups is 1. The van der Waals surface area contributed by atoms with Crippen LogP contribution in [0.25, 0.3) is 0 Å². The van der Waals surface area contributed by atoms with E-state index in [-0.39, 0.29) is 11.9 Å². The predicted octanol–water partition coefficient (Wildman–Crippen LogP) is 4.18. The summed E-state index contributed by atoms with van der Waals surface area (Å²) in [5.74, 6) is 0.473. The first-order chi connectivity index (χ1) is 16.3. The summed E-state index contributed by atoms with van der Waals surface area (Å²) in [6, 6.07) is 18.1. The molecule has 4 rings (SSSR count). The molecule has 0 fully saturated rings. The zero-order valence-electron chi connectivity index (χ0n) is 18.8. The van der Waals surface area contributed by atoms with Gasteiger partial charge in [-0.2, -0.15) is 0 Å². The molecule has 174 valence electrons. The molecular weight excluding hydrogens is 434 g/mol. The van der Waals surface area contributed by atoms with Gasteiger partial charge in [-0.1, -0.05) is 42.5 Å². The van der Waals surface area contributed by atoms with Crippen molar-refractivity contribution in [3.8, 4) is 5.75 Å². The van der Waals surface area contributed by atoms with Crippen LogP contribution < -0.4 is 10.1 Å². The van der Waals surface area contributed by atoms with E-state index >= 15 is 0 Å². The summed E-state index contributed by atoms with van der Waals surface area (Å²) in [6.07, 6.45) is 4.72. The Hall–Kier alpha value is -2.74. The summed E-state index contributed by atoms with van der Waals surface area (Å²) in [4.78, 5) is 19.7. The fourth-order valence-electron chi connectivity index (χ4n) is 3.99. The van der Waals surface area contributed by atoms with Gasteiger partial charge in [0.15, 0.2) is 0 Å². The second kappa shape index (κ2) is 12.5. The van der Waals surface area contributed by atoms with Crippen LogP contribution in [0.4, 0.5) is 0 Å². The zero-order chi connectivity index (χ0) is 22.7. The number of para-hydroxylation sites is 1. The maximum absolute atomic E-state index is 12.7. The highest BCUT2D eigenvalue weighted by Gasteiger charge is 2.22. The Morgan fingerprint density at radius 2 is 1.91 bits per heavy atom. The molecule has 1 aliphatic rings. The monoisotopic (exact) mass is 465 g/mol. The molecule has 0 saturated carbocycles. The van der Waals surface area contributed by atoms with E-state index < -0.39 is 0 Å². The smallest absolute Gasteiger partial charge is 0.255 e. The normalized spacial score (nSPS) is 18.9. The van der Waals surface area contributed by atoms with Crippen molar-refractivity contribution >= 4 is 17.2 Å². The molecule has 0 aliphatic carbocycles. The molecule has 6 nitrogen and oxygen atoms in total. The van der Waals surface area contributed by atoms with Crippen molar-refractivity contribution in [2.45, 2.75) is 31.8 Å². The van der Waals surface area contributed by atoms with Crippen LogP contribution >= 0.6 is 11.3 Å². The van der Waals surface area contributed by atoms with Crippen molar-refractivity contribution in [3.05, 3.63) is 82.3 Å². The van der Waals surface area contributed by atoms with Gasteiger partial charge in [-0.3, -0.25) is 9.69 Å². The maximum Gasteiger partial charge on any atom is 0.255 e. The molecule has 1 aromatic heterocycles. The summed E-state index contributed by atoms with van der Waals surface area (Å²) < 4.78 is 12.1. The highest BCUT2D eigenvalue weighted by Crippen LogP contribution is 2.21. The van der Waals surface area contributed by atoms with E-state index in [1.165, 1.54) is 5.56 Å². The van der Waals surface area contributed by atoms with E-state index in [2.05, 4.69) is 39.5 Å². The molecule has 1 amide bonds. The van der Waals surface area contributed by atoms with Crippen LogP contribution in [0, 0.1) is 0 Å². The lowest BCUT2D eigenvalue weighted by atomic mass is 10.0. The minimum atomic E-state index is -0.136. The topological polar surface area (TPSA) is 63.7 Å². The summed E-state index contributed by atoms with van der Waals surface area (Å²) in [5, 5.41) is 6.06. The van der Waals surface area contributed by atoms with Gasteiger partial charge in [0.05, 0.1) is 18.7 Å². The molecule has 2 aromatic carbocycles. The number of carbonyl (C=O) groups excluding carboxylic acids is 1. The molecular formula is C26H31N3O3S. The van der Waals surface area contributed by atoms with Gasteiger partial charge >= 0.3 is 0 Å². The standard InChI is InChI=1S/C26H31N3O3S/c30-26-23-10-4-5-11-24(23)32-20-22(18-21-8-2-1-3-9-21)29(19-25-27-13-17-33-25)14-6-7-15-31-16-12-28-26/h1-5,8-11,13,17,22H,6-7,12,14-16,18-20H2,(H,28,30)/t22-/m0/s1. The molecule has 0 radical (unpaired) electrons. The van der Waals surface area contributed by atoms with Crippen molar-refractivity contribution in [1.82, 2.24) is 15.2 Å². The van der Waals surface area contributed by atoms with Gasteiger partial charge in [0.1, 0.15) is 17.4 Å². The quantitative estimate of drug-likeness (QED) is 0.626. The Morgan fingerprint density at radius 3 is 2.76 bits per heavy atom. The van der Waals surface area contributed by atoms with Crippen LogP contribution in [0.2, 0.25) is 0 Å². The molecule has 7 heteroatoms. The van der Waals surface area contributed by atoms with Gasteiger partial charge in [-0.25, -0.2) is 4.98 Å². The van der Waals surface area contributed by atoms with Crippen molar-refractivity contribution in [1.29, 1.82) is 0 Å². The van der Waals surface area contributed by atoms with E-state index in [0.29, 0.717) is 37.7 Å². The molecule has 3 aromatic rings. The number of benzene rings is 2. The van der Waals surface area contributed by atoms with Crippen molar-refractivity contribution in [3.63, 3.8) is 0 Å². The van der Waals surface area contributed by atoms with E-state index in [0.717, 1.165) is 37.4 Å². The van der Waals surface area contributed by atoms with Crippen LogP contribution in [0.15, 0.2) is 66.2 Å². The number of hydrogen-bond donors (Lipinski definition) is 1. The van der Waals surface area contributed by atoms with Crippen molar-refractivity contribution in [2.24, 2.45) is 0 Å². The van der Waals surface area contributed by atoms with Crippen LogP contribution in [-0.2, 0) is 17.7 Å². The first kappa shape index (κ1) is 23.4. The SMILES string of the molecule is O=C1NCCOCCCCN(Cc2nccs2)[C@@H](Cc2ccccc2)COc2ccccc21. The third-order valence-electron chi connectivity index (χ3n) is 5.73. The molecule has 1 aliphatic heterocycles. The second-order valence-electron chi connectivity index (χ2n) is 8.12. The van der Waals surface area contributed by atoms with Gasteiger partial charge in [0, 0.05) is 30.8 Å². The van der Waals surface area contributed by atoms with E-state index in [1.54, 1.807) is 11.3 Å². The van der Waals surface area contributed by atoms with Crippen molar-refractivity contribution in [2.75, 3.05) is 32.9 Å². The minimum absolute atomic E-state index is 0.136. The summed E-state index contributed by atoms with van der Waals surface area (Å²) in [6.45, 7) is 3.89. The Bertz CT molecular complexity index is 981. The third-order valence-corrected chi connectivity index (χ3v) is 6.50. The lowest BCUT2D eigenvalue weighted by Gasteiger charge is -2.31. The number of nitrogens with one attached hydrogen (secondary N) is 1. The Labute approximate surface area is 199 Å². The Balaban J connectivity index is 1.59. The third kappa shape index (κ3) is 7.12. The highest BCUT2D eigenvalue weighted by atomic mass is 32.1. The number of hydrogen-bond acceptors (Lipinski definition) is 6. The maximum atomic E-state index is 12.7. The summed E-state index contributed by atoms with van der Waals surface area (Å²) in [5.41, 5.74) is 1.82. The van der Waals surface area contributed by atoms with Crippen LogP contribution in [0.1, 0.15) is 33.8 Å². The molecule has 0 saturated heterocycles. The molecule has 33 heavy (non-hydrogen) atoms. The number of aromatic nitrogens is 1. The molecule has 1 N–H and O–H groups in total. The molecule has 0 spiro atoms. The number of ether oxygens (including phenoxy) is 2. The number of rotatable bonds is 4. The first-order valence-electron chi connectivity index (χ1n) is 11.5. The number of fused-ring (bicyclic) bond motifs is 1. The molecule has 2 heterocycles. The Kier molecular flexibility index (Phi) is 8.86. The van der Waals surface area contributed by atoms with Gasteiger partial charge < -0.3 is 14.8 Å². The summed E-state index contributed by atoms with van der Waals surface area (Å²) in [7, 11) is 0. The molecule has 0 bridgehead atoms. The van der Waals surface area contributed by atoms with Gasteiger partial charge in [-0.05, 0) is 43.5 Å². The van der Waals surface area contributed by atoms with Crippen molar-refractivity contribution < 1.29 is 14.3 Å². The molecule has 1 atom stereocenters. The zero-order valence-corrected chi connectivity index (χ0v) is 19.6. The number of thiazole rings is 1. The van der Waals surface area contributed by atoms with Gasteiger partial charge in [0.25, 0.3) is 5.91 Å². The average molecular weight is 466 g/mol. The lowest BCUT2D eigenvalue weighted by molar-refractivity contribution is 0.0908. The van der Waals surface area contributed by atoms with Gasteiger partial charge in [0.2, 0.25) is 0 Å². The van der Waals surface area contributed by atoms with E-state index in [1.807, 2.05) is 41.9 Å². The first-order valence-corrected chi connectivity index (χ1v) is 12.4. The number of amides is 1. The fourth-order valence-corrected chi connectivity index (χ4v) is 4.64. The van der Waals surface area contributed by atoms with E-state index in [9.17, 15) is 4.79 Å². The van der Waals surface area contributed by atoms with Crippen LogP contribution in [0.3, 0.4) is 0 Å². The average Bonchev–Trinajstić information content (AvgIpc) is 3.36. The largest absolute Gasteiger partial charge is 0.491 e.